The molecule has 0 spiro atoms. The van der Waals surface area contributed by atoms with E-state index in [1.807, 2.05) is 37.3 Å². The van der Waals surface area contributed by atoms with Crippen LogP contribution in [0.4, 0.5) is 0 Å². The lowest BCUT2D eigenvalue weighted by atomic mass is 9.94. The van der Waals surface area contributed by atoms with Crippen molar-refractivity contribution in [3.8, 4) is 11.5 Å². The van der Waals surface area contributed by atoms with Gasteiger partial charge in [0.05, 0.1) is 24.8 Å². The molecule has 1 amide bonds. The number of hydrogen-bond acceptors (Lipinski definition) is 7. The molecular formula is C28H29NO7. The Kier molecular flexibility index (Phi) is 7.75. The average molecular weight is 492 g/mol. The van der Waals surface area contributed by atoms with Gasteiger partial charge in [0.25, 0.3) is 5.91 Å². The van der Waals surface area contributed by atoms with Gasteiger partial charge in [0, 0.05) is 13.7 Å². The molecule has 1 atom stereocenters. The SMILES string of the molecule is CCOc1cc(C2C(C(=O)c3ccc(C)o3)=C(O)C(=O)N2CCOC)ccc1OCc1ccccc1. The minimum Gasteiger partial charge on any atom is -0.503 e. The number of ketones is 1. The Morgan fingerprint density at radius 1 is 1.06 bits per heavy atom. The summed E-state index contributed by atoms with van der Waals surface area (Å²) in [6.45, 7) is 4.72. The standard InChI is InChI=1S/C28H29NO7/c1-4-34-23-16-20(11-13-21(23)35-17-19-8-6-5-7-9-19)25-24(26(30)22-12-10-18(2)36-22)27(31)28(32)29(25)14-15-33-3/h5-13,16,25,31H,4,14-15,17H2,1-3H3. The topological polar surface area (TPSA) is 98.4 Å². The van der Waals surface area contributed by atoms with Gasteiger partial charge in [-0.3, -0.25) is 9.59 Å². The van der Waals surface area contributed by atoms with Crippen molar-refractivity contribution in [2.75, 3.05) is 26.9 Å². The second kappa shape index (κ2) is 11.1. The van der Waals surface area contributed by atoms with Crippen LogP contribution in [0.15, 0.2) is 76.4 Å². The molecular weight excluding hydrogens is 462 g/mol. The summed E-state index contributed by atoms with van der Waals surface area (Å²) >= 11 is 0. The van der Waals surface area contributed by atoms with E-state index in [9.17, 15) is 14.7 Å². The number of carbonyl (C=O) groups is 2. The molecule has 0 radical (unpaired) electrons. The molecule has 3 aromatic rings. The van der Waals surface area contributed by atoms with E-state index in [2.05, 4.69) is 0 Å². The number of nitrogens with zero attached hydrogens (tertiary/aromatic N) is 1. The zero-order valence-corrected chi connectivity index (χ0v) is 20.5. The molecule has 188 valence electrons. The third kappa shape index (κ3) is 5.13. The van der Waals surface area contributed by atoms with Crippen molar-refractivity contribution in [1.29, 1.82) is 0 Å². The second-order valence-electron chi connectivity index (χ2n) is 8.31. The Bertz CT molecular complexity index is 1260. The number of rotatable bonds is 11. The largest absolute Gasteiger partial charge is 0.503 e. The molecule has 1 aromatic heterocycles. The Morgan fingerprint density at radius 3 is 2.50 bits per heavy atom. The second-order valence-corrected chi connectivity index (χ2v) is 8.31. The van der Waals surface area contributed by atoms with Crippen LogP contribution in [0.3, 0.4) is 0 Å². The van der Waals surface area contributed by atoms with Crippen LogP contribution in [0.25, 0.3) is 0 Å². The molecule has 0 fully saturated rings. The van der Waals surface area contributed by atoms with Gasteiger partial charge in [-0.15, -0.1) is 0 Å². The van der Waals surface area contributed by atoms with Crippen LogP contribution in [0.5, 0.6) is 11.5 Å². The number of aliphatic hydroxyl groups is 1. The van der Waals surface area contributed by atoms with Crippen molar-refractivity contribution in [1.82, 2.24) is 4.90 Å². The number of amides is 1. The van der Waals surface area contributed by atoms with E-state index >= 15 is 0 Å². The zero-order valence-electron chi connectivity index (χ0n) is 20.5. The quantitative estimate of drug-likeness (QED) is 0.385. The van der Waals surface area contributed by atoms with E-state index < -0.39 is 23.5 Å². The van der Waals surface area contributed by atoms with Gasteiger partial charge in [-0.25, -0.2) is 0 Å². The average Bonchev–Trinajstić information content (AvgIpc) is 3.43. The van der Waals surface area contributed by atoms with Gasteiger partial charge >= 0.3 is 0 Å². The number of Topliss-reactive ketones (excluding diaryl/α,β-unsaturated/α-hetero) is 1. The summed E-state index contributed by atoms with van der Waals surface area (Å²) in [5.74, 6) is -0.204. The maximum absolute atomic E-state index is 13.4. The van der Waals surface area contributed by atoms with Crippen molar-refractivity contribution in [3.05, 3.63) is 94.6 Å². The summed E-state index contributed by atoms with van der Waals surface area (Å²) in [5.41, 5.74) is 1.54. The van der Waals surface area contributed by atoms with Gasteiger partial charge in [0.1, 0.15) is 12.4 Å². The normalized spacial score (nSPS) is 15.5. The number of hydrogen-bond donors (Lipinski definition) is 1. The highest BCUT2D eigenvalue weighted by Gasteiger charge is 2.44. The summed E-state index contributed by atoms with van der Waals surface area (Å²) in [5, 5.41) is 10.8. The van der Waals surface area contributed by atoms with E-state index in [0.29, 0.717) is 36.0 Å². The van der Waals surface area contributed by atoms with E-state index in [4.69, 9.17) is 18.6 Å². The smallest absolute Gasteiger partial charge is 0.290 e. The van der Waals surface area contributed by atoms with Gasteiger partial charge in [-0.1, -0.05) is 36.4 Å². The minimum atomic E-state index is -0.854. The van der Waals surface area contributed by atoms with Crippen LogP contribution in [-0.2, 0) is 16.1 Å². The molecule has 2 heterocycles. The van der Waals surface area contributed by atoms with Crippen molar-refractivity contribution < 1.29 is 33.3 Å². The molecule has 1 unspecified atom stereocenters. The number of furan rings is 1. The van der Waals surface area contributed by atoms with Crippen molar-refractivity contribution in [2.45, 2.75) is 26.5 Å². The van der Waals surface area contributed by atoms with Gasteiger partial charge in [0.15, 0.2) is 23.0 Å². The maximum atomic E-state index is 13.4. The lowest BCUT2D eigenvalue weighted by molar-refractivity contribution is -0.130. The minimum absolute atomic E-state index is 0.0493. The number of benzene rings is 2. The lowest BCUT2D eigenvalue weighted by Gasteiger charge is -2.27. The van der Waals surface area contributed by atoms with Crippen molar-refractivity contribution >= 4 is 11.7 Å². The molecule has 36 heavy (non-hydrogen) atoms. The monoisotopic (exact) mass is 491 g/mol. The molecule has 8 heteroatoms. The first-order chi connectivity index (χ1) is 17.4. The highest BCUT2D eigenvalue weighted by molar-refractivity contribution is 6.15. The van der Waals surface area contributed by atoms with Crippen LogP contribution >= 0.6 is 0 Å². The highest BCUT2D eigenvalue weighted by atomic mass is 16.5. The third-order valence-electron chi connectivity index (χ3n) is 5.87. The molecule has 2 aromatic carbocycles. The molecule has 0 aliphatic carbocycles. The van der Waals surface area contributed by atoms with Gasteiger partial charge in [-0.05, 0) is 49.2 Å². The first kappa shape index (κ1) is 25.1. The van der Waals surface area contributed by atoms with Crippen LogP contribution in [0.2, 0.25) is 0 Å². The third-order valence-corrected chi connectivity index (χ3v) is 5.87. The molecule has 1 aliphatic rings. The fourth-order valence-corrected chi connectivity index (χ4v) is 4.16. The first-order valence-electron chi connectivity index (χ1n) is 11.7. The number of ether oxygens (including phenoxy) is 3. The molecule has 0 saturated heterocycles. The molecule has 4 rings (SSSR count). The van der Waals surface area contributed by atoms with Gasteiger partial charge in [0.2, 0.25) is 5.78 Å². The van der Waals surface area contributed by atoms with E-state index in [1.54, 1.807) is 31.2 Å². The van der Waals surface area contributed by atoms with Crippen molar-refractivity contribution in [2.24, 2.45) is 0 Å². The lowest BCUT2D eigenvalue weighted by Crippen LogP contribution is -2.34. The molecule has 0 saturated carbocycles. The summed E-state index contributed by atoms with van der Waals surface area (Å²) < 4.78 is 22.5. The Morgan fingerprint density at radius 2 is 1.83 bits per heavy atom. The van der Waals surface area contributed by atoms with Crippen molar-refractivity contribution in [3.63, 3.8) is 0 Å². The first-order valence-corrected chi connectivity index (χ1v) is 11.7. The Labute approximate surface area is 209 Å². The number of aryl methyl sites for hydroxylation is 1. The van der Waals surface area contributed by atoms with Gasteiger partial charge in [-0.2, -0.15) is 0 Å². The van der Waals surface area contributed by atoms with Crippen LogP contribution < -0.4 is 9.47 Å². The Balaban J connectivity index is 1.71. The molecule has 8 nitrogen and oxygen atoms in total. The van der Waals surface area contributed by atoms with Crippen LogP contribution in [0.1, 0.15) is 40.4 Å². The van der Waals surface area contributed by atoms with Gasteiger partial charge < -0.3 is 28.6 Å². The predicted octanol–water partition coefficient (Wildman–Crippen LogP) is 4.79. The van der Waals surface area contributed by atoms with Crippen LogP contribution in [0, 0.1) is 6.92 Å². The van der Waals surface area contributed by atoms with Crippen LogP contribution in [-0.4, -0.2) is 48.6 Å². The Hall–Kier alpha value is -4.04. The van der Waals surface area contributed by atoms with E-state index in [-0.39, 0.29) is 24.5 Å². The molecule has 0 bridgehead atoms. The summed E-state index contributed by atoms with van der Waals surface area (Å²) in [6, 6.07) is 17.3. The fourth-order valence-electron chi connectivity index (χ4n) is 4.16. The zero-order chi connectivity index (χ0) is 25.7. The highest BCUT2D eigenvalue weighted by Crippen LogP contribution is 2.42. The summed E-state index contributed by atoms with van der Waals surface area (Å²) in [7, 11) is 1.52. The fraction of sp³-hybridized carbons (Fsp3) is 0.286. The van der Waals surface area contributed by atoms with E-state index in [0.717, 1.165) is 5.56 Å². The molecule has 1 N–H and O–H groups in total. The van der Waals surface area contributed by atoms with E-state index in [1.165, 1.54) is 18.1 Å². The summed E-state index contributed by atoms with van der Waals surface area (Å²) in [4.78, 5) is 27.8. The maximum Gasteiger partial charge on any atom is 0.290 e. The predicted molar refractivity (Wildman–Crippen MR) is 132 cm³/mol. The summed E-state index contributed by atoms with van der Waals surface area (Å²) in [6.07, 6.45) is 0. The number of carbonyl (C=O) groups excluding carboxylic acids is 2. The molecule has 1 aliphatic heterocycles. The number of methoxy groups -OCH3 is 1. The number of aliphatic hydroxyl groups excluding tert-OH is 1.